The van der Waals surface area contributed by atoms with Gasteiger partial charge in [0.2, 0.25) is 5.16 Å². The maximum Gasteiger partial charge on any atom is 0.316 e. The Balaban J connectivity index is 2.17. The lowest BCUT2D eigenvalue weighted by molar-refractivity contribution is -0.137. The highest BCUT2D eigenvalue weighted by molar-refractivity contribution is 7.99. The molecule has 6 nitrogen and oxygen atoms in total. The van der Waals surface area contributed by atoms with Gasteiger partial charge in [0.25, 0.3) is 0 Å². The molecule has 0 atom stereocenters. The summed E-state index contributed by atoms with van der Waals surface area (Å²) in [6.45, 7) is 0. The van der Waals surface area contributed by atoms with Crippen LogP contribution in [0.5, 0.6) is 0 Å². The van der Waals surface area contributed by atoms with Gasteiger partial charge in [0, 0.05) is 0 Å². The molecule has 0 saturated heterocycles. The van der Waals surface area contributed by atoms with Crippen LogP contribution in [0.2, 0.25) is 0 Å². The maximum atomic E-state index is 12.8. The highest BCUT2D eigenvalue weighted by Crippen LogP contribution is 2.18. The van der Waals surface area contributed by atoms with E-state index in [-0.39, 0.29) is 17.5 Å². The lowest BCUT2D eigenvalue weighted by atomic mass is 10.3. The summed E-state index contributed by atoms with van der Waals surface area (Å²) in [5, 5.41) is 11.5. The number of rotatable bonds is 4. The van der Waals surface area contributed by atoms with Gasteiger partial charge in [-0.1, -0.05) is 11.8 Å². The van der Waals surface area contributed by atoms with Crippen molar-refractivity contribution in [3.63, 3.8) is 0 Å². The van der Waals surface area contributed by atoms with E-state index in [1.165, 1.54) is 23.9 Å². The maximum absolute atomic E-state index is 12.8. The number of esters is 1. The number of carbonyl (C=O) groups excluding carboxylic acids is 1. The number of aromatic nitrogens is 4. The van der Waals surface area contributed by atoms with Gasteiger partial charge in [-0.2, -0.15) is 4.68 Å². The van der Waals surface area contributed by atoms with Crippen molar-refractivity contribution in [2.45, 2.75) is 5.16 Å². The predicted molar refractivity (Wildman–Crippen MR) is 61.9 cm³/mol. The fourth-order valence-electron chi connectivity index (χ4n) is 1.20. The Labute approximate surface area is 106 Å². The van der Waals surface area contributed by atoms with Crippen molar-refractivity contribution in [3.8, 4) is 5.69 Å². The Morgan fingerprint density at radius 2 is 2.17 bits per heavy atom. The van der Waals surface area contributed by atoms with Crippen LogP contribution in [0.4, 0.5) is 4.39 Å². The first-order valence-corrected chi connectivity index (χ1v) is 5.93. The molecule has 0 aliphatic rings. The summed E-state index contributed by atoms with van der Waals surface area (Å²) in [5.41, 5.74) is 0.619. The third-order valence-electron chi connectivity index (χ3n) is 2.06. The van der Waals surface area contributed by atoms with Crippen LogP contribution in [0.15, 0.2) is 29.4 Å². The Morgan fingerprint density at radius 3 is 2.83 bits per heavy atom. The molecular formula is C10H9FN4O2S. The van der Waals surface area contributed by atoms with Gasteiger partial charge in [-0.05, 0) is 34.7 Å². The number of thioether (sulfide) groups is 1. The Morgan fingerprint density at radius 1 is 1.44 bits per heavy atom. The zero-order chi connectivity index (χ0) is 13.0. The number of hydrogen-bond donors (Lipinski definition) is 0. The molecule has 94 valence electrons. The molecule has 2 aromatic rings. The van der Waals surface area contributed by atoms with Gasteiger partial charge in [0.1, 0.15) is 5.82 Å². The molecule has 1 aromatic carbocycles. The topological polar surface area (TPSA) is 69.9 Å². The minimum absolute atomic E-state index is 0.109. The van der Waals surface area contributed by atoms with Crippen molar-refractivity contribution >= 4 is 17.7 Å². The first-order valence-electron chi connectivity index (χ1n) is 4.94. The van der Waals surface area contributed by atoms with Gasteiger partial charge in [0.05, 0.1) is 18.6 Å². The largest absolute Gasteiger partial charge is 0.468 e. The van der Waals surface area contributed by atoms with E-state index >= 15 is 0 Å². The van der Waals surface area contributed by atoms with Gasteiger partial charge >= 0.3 is 5.97 Å². The number of carbonyl (C=O) groups is 1. The van der Waals surface area contributed by atoms with Gasteiger partial charge in [0.15, 0.2) is 0 Å². The molecule has 18 heavy (non-hydrogen) atoms. The van der Waals surface area contributed by atoms with E-state index in [2.05, 4.69) is 20.3 Å². The summed E-state index contributed by atoms with van der Waals surface area (Å²) in [7, 11) is 1.31. The molecule has 0 saturated carbocycles. The van der Waals surface area contributed by atoms with Crippen LogP contribution in [0.1, 0.15) is 0 Å². The normalized spacial score (nSPS) is 10.3. The van der Waals surface area contributed by atoms with Crippen LogP contribution >= 0.6 is 11.8 Å². The number of hydrogen-bond acceptors (Lipinski definition) is 6. The molecule has 0 N–H and O–H groups in total. The smallest absolute Gasteiger partial charge is 0.316 e. The van der Waals surface area contributed by atoms with E-state index in [0.29, 0.717) is 10.8 Å². The van der Waals surface area contributed by atoms with Gasteiger partial charge in [-0.3, -0.25) is 4.79 Å². The Kier molecular flexibility index (Phi) is 3.88. The number of ether oxygens (including phenoxy) is 1. The van der Waals surface area contributed by atoms with Crippen molar-refractivity contribution in [1.29, 1.82) is 0 Å². The third-order valence-corrected chi connectivity index (χ3v) is 2.95. The van der Waals surface area contributed by atoms with Gasteiger partial charge in [-0.15, -0.1) is 5.10 Å². The molecule has 0 aliphatic carbocycles. The van der Waals surface area contributed by atoms with E-state index in [4.69, 9.17) is 0 Å². The monoisotopic (exact) mass is 268 g/mol. The van der Waals surface area contributed by atoms with Crippen molar-refractivity contribution in [3.05, 3.63) is 30.1 Å². The zero-order valence-electron chi connectivity index (χ0n) is 9.41. The standard InChI is InChI=1S/C10H9FN4O2S/c1-17-9(16)6-18-10-12-13-14-15(10)8-4-2-7(11)3-5-8/h2-5H,6H2,1H3. The lowest BCUT2D eigenvalue weighted by Gasteiger charge is -2.03. The SMILES string of the molecule is COC(=O)CSc1nnnn1-c1ccc(F)cc1. The molecule has 0 spiro atoms. The zero-order valence-corrected chi connectivity index (χ0v) is 10.2. The molecule has 0 bridgehead atoms. The fourth-order valence-corrected chi connectivity index (χ4v) is 1.92. The highest BCUT2D eigenvalue weighted by Gasteiger charge is 2.11. The van der Waals surface area contributed by atoms with E-state index in [0.717, 1.165) is 11.8 Å². The highest BCUT2D eigenvalue weighted by atomic mass is 32.2. The van der Waals surface area contributed by atoms with E-state index in [1.54, 1.807) is 12.1 Å². The summed E-state index contributed by atoms with van der Waals surface area (Å²) in [4.78, 5) is 11.0. The van der Waals surface area contributed by atoms with Crippen LogP contribution < -0.4 is 0 Å². The van der Waals surface area contributed by atoms with Crippen LogP contribution in [-0.2, 0) is 9.53 Å². The molecular weight excluding hydrogens is 259 g/mol. The number of tetrazole rings is 1. The lowest BCUT2D eigenvalue weighted by Crippen LogP contribution is -2.05. The molecule has 2 rings (SSSR count). The fraction of sp³-hybridized carbons (Fsp3) is 0.200. The molecule has 8 heteroatoms. The number of halogens is 1. The summed E-state index contributed by atoms with van der Waals surface area (Å²) in [6.07, 6.45) is 0. The van der Waals surface area contributed by atoms with Crippen LogP contribution in [0.3, 0.4) is 0 Å². The van der Waals surface area contributed by atoms with Gasteiger partial charge < -0.3 is 4.74 Å². The summed E-state index contributed by atoms with van der Waals surface area (Å²) < 4.78 is 18.7. The van der Waals surface area contributed by atoms with Crippen LogP contribution in [0.25, 0.3) is 5.69 Å². The molecule has 0 radical (unpaired) electrons. The molecule has 0 aliphatic heterocycles. The van der Waals surface area contributed by atoms with Gasteiger partial charge in [-0.25, -0.2) is 4.39 Å². The van der Waals surface area contributed by atoms with Crippen LogP contribution in [0, 0.1) is 5.82 Å². The molecule has 0 unspecified atom stereocenters. The second-order valence-electron chi connectivity index (χ2n) is 3.21. The Bertz CT molecular complexity index is 543. The summed E-state index contributed by atoms with van der Waals surface area (Å²) in [6, 6.07) is 5.72. The Hall–Kier alpha value is -1.96. The first kappa shape index (κ1) is 12.5. The van der Waals surface area contributed by atoms with Crippen molar-refractivity contribution < 1.29 is 13.9 Å². The average molecular weight is 268 g/mol. The molecule has 1 aromatic heterocycles. The second kappa shape index (κ2) is 5.58. The molecule has 0 amide bonds. The first-order chi connectivity index (χ1) is 8.70. The summed E-state index contributed by atoms with van der Waals surface area (Å²) in [5.74, 6) is -0.595. The number of nitrogens with zero attached hydrogens (tertiary/aromatic N) is 4. The van der Waals surface area contributed by atoms with Crippen LogP contribution in [-0.4, -0.2) is 39.0 Å². The number of methoxy groups -OCH3 is 1. The average Bonchev–Trinajstić information content (AvgIpc) is 2.85. The van der Waals surface area contributed by atoms with Crippen molar-refractivity contribution in [2.75, 3.05) is 12.9 Å². The third kappa shape index (κ3) is 2.83. The number of benzene rings is 1. The molecule has 0 fully saturated rings. The minimum Gasteiger partial charge on any atom is -0.468 e. The van der Waals surface area contributed by atoms with Crippen molar-refractivity contribution in [2.24, 2.45) is 0 Å². The van der Waals surface area contributed by atoms with E-state index in [1.807, 2.05) is 0 Å². The van der Waals surface area contributed by atoms with Crippen molar-refractivity contribution in [1.82, 2.24) is 20.2 Å². The second-order valence-corrected chi connectivity index (χ2v) is 4.16. The van der Waals surface area contributed by atoms with E-state index in [9.17, 15) is 9.18 Å². The molecule has 1 heterocycles. The summed E-state index contributed by atoms with van der Waals surface area (Å²) >= 11 is 1.14. The minimum atomic E-state index is -0.367. The quantitative estimate of drug-likeness (QED) is 0.610. The predicted octanol–water partition coefficient (Wildman–Crippen LogP) is 1.07. The van der Waals surface area contributed by atoms with E-state index < -0.39 is 0 Å².